The molecule has 1 aromatic heterocycles. The van der Waals surface area contributed by atoms with Crippen LogP contribution < -0.4 is 5.73 Å². The number of rotatable bonds is 3. The van der Waals surface area contributed by atoms with Crippen LogP contribution >= 0.6 is 0 Å². The topological polar surface area (TPSA) is 53.1 Å². The van der Waals surface area contributed by atoms with Gasteiger partial charge in [-0.3, -0.25) is 4.68 Å². The molecular weight excluding hydrogens is 178 g/mol. The van der Waals surface area contributed by atoms with Gasteiger partial charge in [0, 0.05) is 18.8 Å². The fourth-order valence-corrected chi connectivity index (χ4v) is 1.72. The molecule has 78 valence electrons. The van der Waals surface area contributed by atoms with Gasteiger partial charge in [-0.05, 0) is 25.8 Å². The average Bonchev–Trinajstić information content (AvgIpc) is 2.75. The van der Waals surface area contributed by atoms with Crippen molar-refractivity contribution >= 4 is 0 Å². The molecule has 0 aromatic carbocycles. The Bertz CT molecular complexity index is 289. The highest BCUT2D eigenvalue weighted by Crippen LogP contribution is 2.14. The minimum atomic E-state index is 0.0146. The number of nitrogens with two attached hydrogens (primary N) is 1. The molecule has 0 spiro atoms. The van der Waals surface area contributed by atoms with E-state index in [4.69, 9.17) is 10.5 Å². The molecule has 1 aliphatic rings. The summed E-state index contributed by atoms with van der Waals surface area (Å²) in [7, 11) is 0. The SMILES string of the molecule is CC(N)c1ccn(C[C@H]2CCCO2)n1. The van der Waals surface area contributed by atoms with E-state index in [0.717, 1.165) is 25.3 Å². The third kappa shape index (κ3) is 2.13. The van der Waals surface area contributed by atoms with Crippen LogP contribution in [0.15, 0.2) is 12.3 Å². The van der Waals surface area contributed by atoms with Gasteiger partial charge in [0.15, 0.2) is 0 Å². The lowest BCUT2D eigenvalue weighted by molar-refractivity contribution is 0.0939. The van der Waals surface area contributed by atoms with Crippen molar-refractivity contribution in [3.63, 3.8) is 0 Å². The molecule has 2 N–H and O–H groups in total. The summed E-state index contributed by atoms with van der Waals surface area (Å²) >= 11 is 0. The first kappa shape index (κ1) is 9.68. The summed E-state index contributed by atoms with van der Waals surface area (Å²) in [5.74, 6) is 0. The molecule has 0 amide bonds. The number of hydrogen-bond acceptors (Lipinski definition) is 3. The summed E-state index contributed by atoms with van der Waals surface area (Å²) in [5, 5.41) is 4.38. The van der Waals surface area contributed by atoms with Crippen molar-refractivity contribution in [1.29, 1.82) is 0 Å². The van der Waals surface area contributed by atoms with Crippen molar-refractivity contribution in [3.8, 4) is 0 Å². The zero-order valence-corrected chi connectivity index (χ0v) is 8.52. The first-order valence-corrected chi connectivity index (χ1v) is 5.16. The summed E-state index contributed by atoms with van der Waals surface area (Å²) in [6, 6.07) is 1.99. The second kappa shape index (κ2) is 4.11. The normalized spacial score (nSPS) is 24.0. The molecule has 0 bridgehead atoms. The Hall–Kier alpha value is -0.870. The van der Waals surface area contributed by atoms with Gasteiger partial charge in [-0.25, -0.2) is 0 Å². The molecule has 14 heavy (non-hydrogen) atoms. The van der Waals surface area contributed by atoms with E-state index in [0.29, 0.717) is 6.10 Å². The van der Waals surface area contributed by atoms with Crippen LogP contribution in [0.2, 0.25) is 0 Å². The van der Waals surface area contributed by atoms with Crippen LogP contribution in [0.1, 0.15) is 31.5 Å². The van der Waals surface area contributed by atoms with Crippen LogP contribution in [-0.4, -0.2) is 22.5 Å². The zero-order valence-electron chi connectivity index (χ0n) is 8.52. The predicted octanol–water partition coefficient (Wildman–Crippen LogP) is 1.08. The standard InChI is InChI=1S/C10H17N3O/c1-8(11)10-4-5-13(12-10)7-9-3-2-6-14-9/h4-5,8-9H,2-3,6-7,11H2,1H3/t8?,9-/m1/s1. The van der Waals surface area contributed by atoms with Gasteiger partial charge in [-0.1, -0.05) is 0 Å². The molecule has 1 fully saturated rings. The van der Waals surface area contributed by atoms with Crippen molar-refractivity contribution in [1.82, 2.24) is 9.78 Å². The minimum Gasteiger partial charge on any atom is -0.376 e. The van der Waals surface area contributed by atoms with Gasteiger partial charge >= 0.3 is 0 Å². The summed E-state index contributed by atoms with van der Waals surface area (Å²) in [5.41, 5.74) is 6.68. The average molecular weight is 195 g/mol. The monoisotopic (exact) mass is 195 g/mol. The lowest BCUT2D eigenvalue weighted by Crippen LogP contribution is -2.16. The van der Waals surface area contributed by atoms with Gasteiger partial charge < -0.3 is 10.5 Å². The lowest BCUT2D eigenvalue weighted by Gasteiger charge is -2.08. The summed E-state index contributed by atoms with van der Waals surface area (Å²) in [6.07, 6.45) is 4.63. The van der Waals surface area contributed by atoms with Crippen molar-refractivity contribution < 1.29 is 4.74 Å². The Morgan fingerprint density at radius 1 is 1.79 bits per heavy atom. The van der Waals surface area contributed by atoms with E-state index in [2.05, 4.69) is 5.10 Å². The van der Waals surface area contributed by atoms with E-state index in [9.17, 15) is 0 Å². The van der Waals surface area contributed by atoms with E-state index < -0.39 is 0 Å². The van der Waals surface area contributed by atoms with Crippen LogP contribution in [0.4, 0.5) is 0 Å². The first-order valence-electron chi connectivity index (χ1n) is 5.16. The van der Waals surface area contributed by atoms with Crippen molar-refractivity contribution in [2.45, 2.75) is 38.5 Å². The molecular formula is C10H17N3O. The fraction of sp³-hybridized carbons (Fsp3) is 0.700. The third-order valence-corrected chi connectivity index (χ3v) is 2.54. The third-order valence-electron chi connectivity index (χ3n) is 2.54. The second-order valence-electron chi connectivity index (χ2n) is 3.89. The molecule has 2 heterocycles. The van der Waals surface area contributed by atoms with Gasteiger partial charge in [0.05, 0.1) is 18.3 Å². The van der Waals surface area contributed by atoms with E-state index in [1.165, 1.54) is 6.42 Å². The Balaban J connectivity index is 1.95. The van der Waals surface area contributed by atoms with Gasteiger partial charge in [-0.2, -0.15) is 5.10 Å². The molecule has 1 aliphatic heterocycles. The van der Waals surface area contributed by atoms with Crippen LogP contribution in [0.3, 0.4) is 0 Å². The Morgan fingerprint density at radius 3 is 3.21 bits per heavy atom. The Kier molecular flexibility index (Phi) is 2.84. The largest absolute Gasteiger partial charge is 0.376 e. The quantitative estimate of drug-likeness (QED) is 0.785. The van der Waals surface area contributed by atoms with E-state index in [-0.39, 0.29) is 6.04 Å². The predicted molar refractivity (Wildman–Crippen MR) is 53.8 cm³/mol. The summed E-state index contributed by atoms with van der Waals surface area (Å²) < 4.78 is 7.46. The maximum atomic E-state index is 5.73. The number of aromatic nitrogens is 2. The lowest BCUT2D eigenvalue weighted by atomic mass is 10.2. The highest BCUT2D eigenvalue weighted by Gasteiger charge is 2.16. The van der Waals surface area contributed by atoms with Crippen LogP contribution in [0, 0.1) is 0 Å². The smallest absolute Gasteiger partial charge is 0.0788 e. The Labute approximate surface area is 84.0 Å². The van der Waals surface area contributed by atoms with Crippen molar-refractivity contribution in [2.75, 3.05) is 6.61 Å². The highest BCUT2D eigenvalue weighted by atomic mass is 16.5. The van der Waals surface area contributed by atoms with Gasteiger partial charge in [-0.15, -0.1) is 0 Å². The molecule has 2 atom stereocenters. The summed E-state index contributed by atoms with van der Waals surface area (Å²) in [4.78, 5) is 0. The zero-order chi connectivity index (χ0) is 9.97. The number of hydrogen-bond donors (Lipinski definition) is 1. The Morgan fingerprint density at radius 2 is 2.64 bits per heavy atom. The van der Waals surface area contributed by atoms with Gasteiger partial charge in [0.2, 0.25) is 0 Å². The van der Waals surface area contributed by atoms with Gasteiger partial charge in [0.25, 0.3) is 0 Å². The van der Waals surface area contributed by atoms with Crippen molar-refractivity contribution in [3.05, 3.63) is 18.0 Å². The second-order valence-corrected chi connectivity index (χ2v) is 3.89. The molecule has 1 aromatic rings. The fourth-order valence-electron chi connectivity index (χ4n) is 1.72. The molecule has 4 nitrogen and oxygen atoms in total. The highest BCUT2D eigenvalue weighted by molar-refractivity contribution is 5.03. The molecule has 1 unspecified atom stereocenters. The van der Waals surface area contributed by atoms with E-state index >= 15 is 0 Å². The van der Waals surface area contributed by atoms with Crippen LogP contribution in [-0.2, 0) is 11.3 Å². The van der Waals surface area contributed by atoms with E-state index in [1.54, 1.807) is 0 Å². The first-order chi connectivity index (χ1) is 6.75. The van der Waals surface area contributed by atoms with Crippen LogP contribution in [0.5, 0.6) is 0 Å². The number of ether oxygens (including phenoxy) is 1. The molecule has 4 heteroatoms. The number of nitrogens with zero attached hydrogens (tertiary/aromatic N) is 2. The van der Waals surface area contributed by atoms with Gasteiger partial charge in [0.1, 0.15) is 0 Å². The summed E-state index contributed by atoms with van der Waals surface area (Å²) in [6.45, 7) is 3.69. The van der Waals surface area contributed by atoms with Crippen molar-refractivity contribution in [2.24, 2.45) is 5.73 Å². The molecule has 1 saturated heterocycles. The molecule has 2 rings (SSSR count). The maximum Gasteiger partial charge on any atom is 0.0788 e. The van der Waals surface area contributed by atoms with E-state index in [1.807, 2.05) is 23.9 Å². The van der Waals surface area contributed by atoms with Crippen LogP contribution in [0.25, 0.3) is 0 Å². The minimum absolute atomic E-state index is 0.0146. The maximum absolute atomic E-state index is 5.73. The molecule has 0 saturated carbocycles. The molecule has 0 radical (unpaired) electrons. The molecule has 0 aliphatic carbocycles.